The van der Waals surface area contributed by atoms with Gasteiger partial charge in [-0.1, -0.05) is 61.0 Å². The number of aliphatic imine (C=N–C) groups is 1. The number of hydrogen-bond donors (Lipinski definition) is 1. The number of benzene rings is 2. The van der Waals surface area contributed by atoms with Gasteiger partial charge in [-0.15, -0.1) is 0 Å². The largest absolute Gasteiger partial charge is 0.369 e. The van der Waals surface area contributed by atoms with Gasteiger partial charge < -0.3 is 5.73 Å². The lowest BCUT2D eigenvalue weighted by molar-refractivity contribution is -0.132. The predicted molar refractivity (Wildman–Crippen MR) is 127 cm³/mol. The molecule has 5 rings (SSSR count). The summed E-state index contributed by atoms with van der Waals surface area (Å²) in [4.78, 5) is 24.1. The summed E-state index contributed by atoms with van der Waals surface area (Å²) in [7, 11) is 1.70. The maximum atomic E-state index is 13.6. The van der Waals surface area contributed by atoms with E-state index in [1.807, 2.05) is 12.1 Å². The summed E-state index contributed by atoms with van der Waals surface area (Å²) in [6.07, 6.45) is 5.72. The summed E-state index contributed by atoms with van der Waals surface area (Å²) < 4.78 is 0. The lowest BCUT2D eigenvalue weighted by Crippen LogP contribution is -2.47. The number of hydrogen-bond acceptors (Lipinski definition) is 4. The molecule has 6 heteroatoms. The summed E-state index contributed by atoms with van der Waals surface area (Å²) in [6, 6.07) is 18.6. The first-order chi connectivity index (χ1) is 15.3. The Morgan fingerprint density at radius 2 is 1.88 bits per heavy atom. The first-order valence-corrected chi connectivity index (χ1v) is 11.1. The Morgan fingerprint density at radius 1 is 1.09 bits per heavy atom. The minimum absolute atomic E-state index is 0.0726. The smallest absolute Gasteiger partial charge is 0.261 e. The van der Waals surface area contributed by atoms with Crippen LogP contribution in [0.2, 0.25) is 5.02 Å². The van der Waals surface area contributed by atoms with Crippen molar-refractivity contribution in [1.29, 1.82) is 0 Å². The normalized spacial score (nSPS) is 24.5. The van der Waals surface area contributed by atoms with E-state index in [-0.39, 0.29) is 17.3 Å². The van der Waals surface area contributed by atoms with Gasteiger partial charge in [0.15, 0.2) is 11.5 Å². The SMILES string of the molecule is CN1C(=O)[C@]2(C[C@](C)(Cc3ccccc3)Cc3ccc(-c4cncc(Cl)c4)cc32)N=C1N. The Labute approximate surface area is 192 Å². The molecular weight excluding hydrogens is 420 g/mol. The van der Waals surface area contributed by atoms with Crippen LogP contribution in [0, 0.1) is 5.41 Å². The van der Waals surface area contributed by atoms with E-state index < -0.39 is 5.54 Å². The zero-order valence-corrected chi connectivity index (χ0v) is 18.9. The van der Waals surface area contributed by atoms with Crippen molar-refractivity contribution in [2.75, 3.05) is 7.05 Å². The topological polar surface area (TPSA) is 71.6 Å². The van der Waals surface area contributed by atoms with Gasteiger partial charge in [-0.05, 0) is 59.1 Å². The van der Waals surface area contributed by atoms with Gasteiger partial charge in [0.05, 0.1) is 5.02 Å². The Morgan fingerprint density at radius 3 is 2.56 bits per heavy atom. The zero-order valence-electron chi connectivity index (χ0n) is 18.2. The molecule has 0 radical (unpaired) electrons. The van der Waals surface area contributed by atoms with Crippen LogP contribution in [0.4, 0.5) is 0 Å². The molecule has 32 heavy (non-hydrogen) atoms. The lowest BCUT2D eigenvalue weighted by Gasteiger charge is -2.43. The Hall–Kier alpha value is -3.18. The number of amides is 1. The van der Waals surface area contributed by atoms with Crippen LogP contribution >= 0.6 is 11.6 Å². The Balaban J connectivity index is 1.65. The van der Waals surface area contributed by atoms with Crippen molar-refractivity contribution in [3.8, 4) is 11.1 Å². The highest BCUT2D eigenvalue weighted by atomic mass is 35.5. The summed E-state index contributed by atoms with van der Waals surface area (Å²) in [5.74, 6) is 0.191. The van der Waals surface area contributed by atoms with Crippen LogP contribution < -0.4 is 5.73 Å². The molecule has 2 aliphatic rings. The van der Waals surface area contributed by atoms with Crippen molar-refractivity contribution in [3.05, 3.63) is 88.7 Å². The van der Waals surface area contributed by atoms with E-state index in [1.165, 1.54) is 10.5 Å². The van der Waals surface area contributed by atoms with Gasteiger partial charge >= 0.3 is 0 Å². The number of halogens is 1. The molecule has 1 amide bonds. The van der Waals surface area contributed by atoms with Crippen LogP contribution in [0.5, 0.6) is 0 Å². The zero-order chi connectivity index (χ0) is 22.5. The molecular formula is C26H25ClN4O. The number of pyridine rings is 1. The van der Waals surface area contributed by atoms with Gasteiger partial charge in [-0.2, -0.15) is 0 Å². The van der Waals surface area contributed by atoms with E-state index in [0.29, 0.717) is 11.4 Å². The van der Waals surface area contributed by atoms with Gasteiger partial charge in [0.2, 0.25) is 0 Å². The number of carbonyl (C=O) groups is 1. The first kappa shape index (κ1) is 20.7. The van der Waals surface area contributed by atoms with Crippen LogP contribution in [0.1, 0.15) is 30.0 Å². The van der Waals surface area contributed by atoms with Gasteiger partial charge in [-0.3, -0.25) is 14.7 Å². The van der Waals surface area contributed by atoms with Gasteiger partial charge in [0.25, 0.3) is 5.91 Å². The molecule has 5 nitrogen and oxygen atoms in total. The number of carbonyl (C=O) groups excluding carboxylic acids is 1. The van der Waals surface area contributed by atoms with Crippen molar-refractivity contribution in [1.82, 2.24) is 9.88 Å². The van der Waals surface area contributed by atoms with Crippen molar-refractivity contribution < 1.29 is 4.79 Å². The monoisotopic (exact) mass is 444 g/mol. The maximum Gasteiger partial charge on any atom is 0.261 e. The second-order valence-electron chi connectivity index (χ2n) is 9.28. The lowest BCUT2D eigenvalue weighted by atomic mass is 9.62. The summed E-state index contributed by atoms with van der Waals surface area (Å²) >= 11 is 6.17. The number of aromatic nitrogens is 1. The molecule has 1 spiro atoms. The molecule has 1 aliphatic carbocycles. The Bertz CT molecular complexity index is 1240. The minimum atomic E-state index is -1.02. The third-order valence-corrected chi connectivity index (χ3v) is 6.88. The molecule has 3 aromatic rings. The number of fused-ring (bicyclic) bond motifs is 2. The quantitative estimate of drug-likeness (QED) is 0.642. The molecule has 1 aromatic heterocycles. The van der Waals surface area contributed by atoms with Crippen LogP contribution in [0.25, 0.3) is 11.1 Å². The fourth-order valence-electron chi connectivity index (χ4n) is 5.30. The van der Waals surface area contributed by atoms with Crippen molar-refractivity contribution >= 4 is 23.5 Å². The van der Waals surface area contributed by atoms with Crippen LogP contribution in [-0.2, 0) is 23.2 Å². The number of nitrogens with two attached hydrogens (primary N) is 1. The first-order valence-electron chi connectivity index (χ1n) is 10.7. The van der Waals surface area contributed by atoms with E-state index in [2.05, 4.69) is 54.4 Å². The average molecular weight is 445 g/mol. The predicted octanol–water partition coefficient (Wildman–Crippen LogP) is 4.58. The van der Waals surface area contributed by atoms with Crippen molar-refractivity contribution in [3.63, 3.8) is 0 Å². The maximum absolute atomic E-state index is 13.6. The summed E-state index contributed by atoms with van der Waals surface area (Å²) in [6.45, 7) is 2.25. The summed E-state index contributed by atoms with van der Waals surface area (Å²) in [5, 5.41) is 0.573. The number of likely N-dealkylation sites (N-methyl/N-ethyl adjacent to an activating group) is 1. The standard InChI is InChI=1S/C26H25ClN4O/c1-25(12-17-6-4-3-5-7-17)13-19-9-8-18(20-10-21(27)15-29-14-20)11-22(19)26(16-25)23(32)31(2)24(28)30-26/h3-11,14-15H,12-13,16H2,1-2H3,(H2,28,30)/t25-,26-/m1/s1. The molecule has 0 saturated heterocycles. The minimum Gasteiger partial charge on any atom is -0.369 e. The second-order valence-corrected chi connectivity index (χ2v) is 9.72. The molecule has 0 bridgehead atoms. The molecule has 2 heterocycles. The van der Waals surface area contributed by atoms with Crippen LogP contribution in [-0.4, -0.2) is 28.8 Å². The number of nitrogens with zero attached hydrogens (tertiary/aromatic N) is 3. The van der Waals surface area contributed by atoms with Crippen LogP contribution in [0.15, 0.2) is 72.0 Å². The fourth-order valence-corrected chi connectivity index (χ4v) is 5.48. The van der Waals surface area contributed by atoms with E-state index in [0.717, 1.165) is 35.1 Å². The molecule has 1 aliphatic heterocycles. The molecule has 0 unspecified atom stereocenters. The van der Waals surface area contributed by atoms with Gasteiger partial charge in [-0.25, -0.2) is 4.99 Å². The molecule has 2 atom stereocenters. The number of guanidine groups is 1. The highest BCUT2D eigenvalue weighted by Crippen LogP contribution is 2.51. The molecule has 2 N–H and O–H groups in total. The second kappa shape index (κ2) is 7.45. The van der Waals surface area contributed by atoms with E-state index >= 15 is 0 Å². The van der Waals surface area contributed by atoms with Crippen molar-refractivity contribution in [2.24, 2.45) is 16.1 Å². The molecule has 2 aromatic carbocycles. The molecule has 0 fully saturated rings. The molecule has 0 saturated carbocycles. The van der Waals surface area contributed by atoms with E-state index in [4.69, 9.17) is 22.3 Å². The van der Waals surface area contributed by atoms with Crippen molar-refractivity contribution in [2.45, 2.75) is 31.7 Å². The average Bonchev–Trinajstić information content (AvgIpc) is 2.97. The summed E-state index contributed by atoms with van der Waals surface area (Å²) in [5.41, 5.74) is 10.2. The van der Waals surface area contributed by atoms with Gasteiger partial charge in [0.1, 0.15) is 0 Å². The van der Waals surface area contributed by atoms with E-state index in [1.54, 1.807) is 19.4 Å². The van der Waals surface area contributed by atoms with E-state index in [9.17, 15) is 4.79 Å². The Kier molecular flexibility index (Phi) is 4.82. The highest BCUT2D eigenvalue weighted by Gasteiger charge is 2.55. The third kappa shape index (κ3) is 3.37. The third-order valence-electron chi connectivity index (χ3n) is 6.67. The van der Waals surface area contributed by atoms with Crippen LogP contribution in [0.3, 0.4) is 0 Å². The fraction of sp³-hybridized carbons (Fsp3) is 0.269. The highest BCUT2D eigenvalue weighted by molar-refractivity contribution is 6.30. The molecule has 162 valence electrons. The van der Waals surface area contributed by atoms with Gasteiger partial charge in [0, 0.05) is 25.0 Å². The number of rotatable bonds is 3.